The van der Waals surface area contributed by atoms with Gasteiger partial charge in [-0.05, 0) is 118 Å². The Hall–Kier alpha value is -0.160. The second-order valence-electron chi connectivity index (χ2n) is 13.8. The SMILES string of the molecule is CC1COCCN1C1CCCCN1C1(O)CCC2CC[C@@H]3[C@@H](CC[C@]4(C)CCC[C@@H]34)[C@@]2(C)C1. The van der Waals surface area contributed by atoms with Gasteiger partial charge in [-0.3, -0.25) is 9.80 Å². The molecule has 4 nitrogen and oxygen atoms in total. The molecule has 6 fully saturated rings. The number of fused-ring (bicyclic) bond motifs is 5. The van der Waals surface area contributed by atoms with Gasteiger partial charge in [-0.2, -0.15) is 0 Å². The van der Waals surface area contributed by atoms with Crippen LogP contribution >= 0.6 is 0 Å². The number of nitrogens with zero attached hydrogens (tertiary/aromatic N) is 2. The lowest BCUT2D eigenvalue weighted by Gasteiger charge is -2.64. The molecule has 4 saturated carbocycles. The zero-order chi connectivity index (χ0) is 22.8. The molecule has 9 atom stereocenters. The number of aliphatic hydroxyl groups is 1. The van der Waals surface area contributed by atoms with E-state index < -0.39 is 5.72 Å². The largest absolute Gasteiger partial charge is 0.379 e. The number of morpholine rings is 1. The van der Waals surface area contributed by atoms with Gasteiger partial charge in [0.1, 0.15) is 5.72 Å². The molecule has 2 aliphatic heterocycles. The molecule has 1 N–H and O–H groups in total. The molecule has 6 aliphatic rings. The molecule has 0 aromatic carbocycles. The fourth-order valence-electron chi connectivity index (χ4n) is 10.6. The summed E-state index contributed by atoms with van der Waals surface area (Å²) in [6, 6.07) is 0.456. The first kappa shape index (κ1) is 23.3. The Morgan fingerprint density at radius 1 is 0.848 bits per heavy atom. The van der Waals surface area contributed by atoms with Crippen LogP contribution in [-0.4, -0.2) is 59.1 Å². The van der Waals surface area contributed by atoms with Crippen LogP contribution in [0.2, 0.25) is 0 Å². The van der Waals surface area contributed by atoms with Gasteiger partial charge >= 0.3 is 0 Å². The highest BCUT2D eigenvalue weighted by atomic mass is 16.5. The van der Waals surface area contributed by atoms with Crippen molar-refractivity contribution in [3.05, 3.63) is 0 Å². The number of hydrogen-bond donors (Lipinski definition) is 1. The van der Waals surface area contributed by atoms with Crippen molar-refractivity contribution in [2.45, 2.75) is 122 Å². The Balaban J connectivity index is 1.27. The highest BCUT2D eigenvalue weighted by Crippen LogP contribution is 2.67. The molecule has 0 amide bonds. The van der Waals surface area contributed by atoms with Crippen molar-refractivity contribution in [3.63, 3.8) is 0 Å². The maximum atomic E-state index is 12.5. The van der Waals surface area contributed by atoms with Crippen LogP contribution in [0.3, 0.4) is 0 Å². The minimum Gasteiger partial charge on any atom is -0.379 e. The molecule has 4 unspecified atom stereocenters. The van der Waals surface area contributed by atoms with Gasteiger partial charge in [0, 0.05) is 19.1 Å². The normalized spacial score (nSPS) is 53.8. The van der Waals surface area contributed by atoms with E-state index in [1.165, 1.54) is 70.6 Å². The summed E-state index contributed by atoms with van der Waals surface area (Å²) in [6.07, 6.45) is 17.5. The predicted octanol–water partition coefficient (Wildman–Crippen LogP) is 5.64. The van der Waals surface area contributed by atoms with E-state index in [1.807, 2.05) is 0 Å². The standard InChI is InChI=1S/C29H50N2O2/c1-21-19-33-18-17-30(21)26-8-4-5-16-31(26)29(32)15-11-22-9-10-23-24-7-6-13-27(24,2)14-12-25(23)28(22,3)20-29/h21-26,32H,4-20H2,1-3H3/t21?,22?,23-,24-,25+,26?,27-,28-,29?/m0/s1. The summed E-state index contributed by atoms with van der Waals surface area (Å²) in [4.78, 5) is 5.27. The van der Waals surface area contributed by atoms with Crippen molar-refractivity contribution < 1.29 is 9.84 Å². The Kier molecular flexibility index (Phi) is 5.96. The lowest BCUT2D eigenvalue weighted by molar-refractivity contribution is -0.242. The van der Waals surface area contributed by atoms with Crippen LogP contribution in [0.25, 0.3) is 0 Å². The Bertz CT molecular complexity index is 730. The van der Waals surface area contributed by atoms with Crippen LogP contribution in [-0.2, 0) is 4.74 Å². The van der Waals surface area contributed by atoms with E-state index in [9.17, 15) is 5.11 Å². The van der Waals surface area contributed by atoms with E-state index in [4.69, 9.17) is 4.74 Å². The van der Waals surface area contributed by atoms with Crippen molar-refractivity contribution in [1.82, 2.24) is 9.80 Å². The van der Waals surface area contributed by atoms with Gasteiger partial charge in [0.05, 0.1) is 19.4 Å². The molecule has 0 aromatic heterocycles. The number of rotatable bonds is 2. The van der Waals surface area contributed by atoms with Gasteiger partial charge in [-0.25, -0.2) is 0 Å². The molecule has 188 valence electrons. The first-order valence-corrected chi connectivity index (χ1v) is 14.7. The fraction of sp³-hybridized carbons (Fsp3) is 1.00. The third-order valence-electron chi connectivity index (χ3n) is 12.2. The van der Waals surface area contributed by atoms with E-state index in [1.54, 1.807) is 0 Å². The molecule has 6 rings (SSSR count). The number of hydrogen-bond acceptors (Lipinski definition) is 4. The molecule has 2 saturated heterocycles. The van der Waals surface area contributed by atoms with E-state index in [2.05, 4.69) is 30.6 Å². The number of ether oxygens (including phenoxy) is 1. The van der Waals surface area contributed by atoms with Gasteiger partial charge in [-0.1, -0.05) is 20.3 Å². The van der Waals surface area contributed by atoms with Gasteiger partial charge in [0.15, 0.2) is 0 Å². The van der Waals surface area contributed by atoms with Gasteiger partial charge in [-0.15, -0.1) is 0 Å². The molecule has 33 heavy (non-hydrogen) atoms. The lowest BCUT2D eigenvalue weighted by atomic mass is 9.44. The van der Waals surface area contributed by atoms with E-state index in [-0.39, 0.29) is 0 Å². The maximum Gasteiger partial charge on any atom is 0.120 e. The monoisotopic (exact) mass is 458 g/mol. The molecule has 4 aliphatic carbocycles. The van der Waals surface area contributed by atoms with Gasteiger partial charge in [0.25, 0.3) is 0 Å². The van der Waals surface area contributed by atoms with Crippen LogP contribution in [0.15, 0.2) is 0 Å². The molecule has 2 heterocycles. The zero-order valence-electron chi connectivity index (χ0n) is 21.7. The van der Waals surface area contributed by atoms with Gasteiger partial charge < -0.3 is 9.84 Å². The predicted molar refractivity (Wildman–Crippen MR) is 133 cm³/mol. The second kappa shape index (κ2) is 8.46. The van der Waals surface area contributed by atoms with Crippen molar-refractivity contribution in [3.8, 4) is 0 Å². The zero-order valence-corrected chi connectivity index (χ0v) is 21.7. The van der Waals surface area contributed by atoms with E-state index in [0.717, 1.165) is 62.8 Å². The van der Waals surface area contributed by atoms with Gasteiger partial charge in [0.2, 0.25) is 0 Å². The summed E-state index contributed by atoms with van der Waals surface area (Å²) >= 11 is 0. The van der Waals surface area contributed by atoms with Crippen LogP contribution in [0, 0.1) is 34.5 Å². The van der Waals surface area contributed by atoms with E-state index in [0.29, 0.717) is 23.0 Å². The summed E-state index contributed by atoms with van der Waals surface area (Å²) in [6.45, 7) is 11.3. The second-order valence-corrected chi connectivity index (χ2v) is 13.8. The minimum atomic E-state index is -0.618. The maximum absolute atomic E-state index is 12.5. The van der Waals surface area contributed by atoms with Crippen molar-refractivity contribution in [1.29, 1.82) is 0 Å². The van der Waals surface area contributed by atoms with Crippen LogP contribution in [0.4, 0.5) is 0 Å². The Labute approximate surface area is 202 Å². The average Bonchev–Trinajstić information content (AvgIpc) is 3.21. The Morgan fingerprint density at radius 3 is 2.58 bits per heavy atom. The summed E-state index contributed by atoms with van der Waals surface area (Å²) in [5, 5.41) is 12.5. The lowest BCUT2D eigenvalue weighted by Crippen LogP contribution is -2.67. The summed E-state index contributed by atoms with van der Waals surface area (Å²) in [7, 11) is 0. The first-order chi connectivity index (χ1) is 15.8. The first-order valence-electron chi connectivity index (χ1n) is 14.7. The number of piperidine rings is 1. The van der Waals surface area contributed by atoms with Crippen LogP contribution < -0.4 is 0 Å². The Morgan fingerprint density at radius 2 is 1.73 bits per heavy atom. The smallest absolute Gasteiger partial charge is 0.120 e. The third kappa shape index (κ3) is 3.67. The quantitative estimate of drug-likeness (QED) is 0.581. The van der Waals surface area contributed by atoms with Crippen LogP contribution in [0.5, 0.6) is 0 Å². The fourth-order valence-corrected chi connectivity index (χ4v) is 10.6. The summed E-state index contributed by atoms with van der Waals surface area (Å²) in [5.74, 6) is 3.55. The molecule has 4 heteroatoms. The van der Waals surface area contributed by atoms with Crippen LogP contribution in [0.1, 0.15) is 104 Å². The van der Waals surface area contributed by atoms with Crippen molar-refractivity contribution in [2.75, 3.05) is 26.3 Å². The highest BCUT2D eigenvalue weighted by molar-refractivity contribution is 5.10. The third-order valence-corrected chi connectivity index (χ3v) is 12.2. The molecular weight excluding hydrogens is 408 g/mol. The summed E-state index contributed by atoms with van der Waals surface area (Å²) in [5.41, 5.74) is 0.324. The molecule has 0 bridgehead atoms. The minimum absolute atomic E-state index is 0.318. The molecule has 0 radical (unpaired) electrons. The topological polar surface area (TPSA) is 35.9 Å². The van der Waals surface area contributed by atoms with Crippen molar-refractivity contribution >= 4 is 0 Å². The number of likely N-dealkylation sites (tertiary alicyclic amines) is 1. The molecule has 0 spiro atoms. The summed E-state index contributed by atoms with van der Waals surface area (Å²) < 4.78 is 5.77. The molecule has 0 aromatic rings. The van der Waals surface area contributed by atoms with Crippen molar-refractivity contribution in [2.24, 2.45) is 34.5 Å². The van der Waals surface area contributed by atoms with E-state index >= 15 is 0 Å². The molecular formula is C29H50N2O2. The highest BCUT2D eigenvalue weighted by Gasteiger charge is 2.61. The average molecular weight is 459 g/mol.